The number of aromatic nitrogens is 2. The van der Waals surface area contributed by atoms with Crippen LogP contribution in [0.2, 0.25) is 0 Å². The van der Waals surface area contributed by atoms with Crippen molar-refractivity contribution < 1.29 is 8.42 Å². The zero-order valence-electron chi connectivity index (χ0n) is 5.86. The lowest BCUT2D eigenvalue weighted by atomic mass is 10.8. The molecule has 11 heavy (non-hydrogen) atoms. The molecule has 0 aromatic carbocycles. The first kappa shape index (κ1) is 8.73. The number of nitrogens with zero attached hydrogens (tertiary/aromatic N) is 2. The Hall–Kier alpha value is -0.360. The minimum atomic E-state index is -2.98. The number of hydrogen-bond acceptors (Lipinski definition) is 3. The Morgan fingerprint density at radius 3 is 2.73 bits per heavy atom. The fourth-order valence-electron chi connectivity index (χ4n) is 0.649. The SMILES string of the molecule is CS(=O)(=O)Cn1ccc(Br)n1. The van der Waals surface area contributed by atoms with Gasteiger partial charge in [0.05, 0.1) is 0 Å². The van der Waals surface area contributed by atoms with Gasteiger partial charge in [-0.3, -0.25) is 4.68 Å². The highest BCUT2D eigenvalue weighted by Crippen LogP contribution is 2.04. The van der Waals surface area contributed by atoms with Crippen molar-refractivity contribution in [1.82, 2.24) is 9.78 Å². The normalized spacial score (nSPS) is 11.8. The summed E-state index contributed by atoms with van der Waals surface area (Å²) in [4.78, 5) is 0. The maximum Gasteiger partial charge on any atom is 0.167 e. The van der Waals surface area contributed by atoms with E-state index in [2.05, 4.69) is 21.0 Å². The number of rotatable bonds is 2. The maximum atomic E-state index is 10.7. The monoisotopic (exact) mass is 238 g/mol. The molecule has 0 saturated carbocycles. The summed E-state index contributed by atoms with van der Waals surface area (Å²) in [7, 11) is -2.98. The molecule has 1 aromatic rings. The van der Waals surface area contributed by atoms with Crippen LogP contribution in [0.15, 0.2) is 16.9 Å². The van der Waals surface area contributed by atoms with Crippen molar-refractivity contribution in [3.05, 3.63) is 16.9 Å². The van der Waals surface area contributed by atoms with E-state index in [1.165, 1.54) is 10.9 Å². The van der Waals surface area contributed by atoms with Crippen molar-refractivity contribution >= 4 is 25.8 Å². The van der Waals surface area contributed by atoms with Gasteiger partial charge in [0.25, 0.3) is 0 Å². The fraction of sp³-hybridized carbons (Fsp3) is 0.400. The van der Waals surface area contributed by atoms with E-state index < -0.39 is 9.84 Å². The van der Waals surface area contributed by atoms with Crippen LogP contribution in [0.3, 0.4) is 0 Å². The van der Waals surface area contributed by atoms with Crippen LogP contribution in [0.5, 0.6) is 0 Å². The molecule has 0 aliphatic rings. The molecule has 0 amide bonds. The van der Waals surface area contributed by atoms with Gasteiger partial charge in [-0.25, -0.2) is 8.42 Å². The highest BCUT2D eigenvalue weighted by Gasteiger charge is 2.03. The average Bonchev–Trinajstić information content (AvgIpc) is 2.10. The van der Waals surface area contributed by atoms with E-state index in [9.17, 15) is 8.42 Å². The van der Waals surface area contributed by atoms with E-state index in [1.54, 1.807) is 12.3 Å². The molecule has 0 aliphatic carbocycles. The van der Waals surface area contributed by atoms with Gasteiger partial charge in [0, 0.05) is 12.5 Å². The number of sulfone groups is 1. The Balaban J connectivity index is 2.81. The van der Waals surface area contributed by atoms with Crippen LogP contribution < -0.4 is 0 Å². The number of hydrogen-bond donors (Lipinski definition) is 0. The van der Waals surface area contributed by atoms with E-state index in [-0.39, 0.29) is 5.88 Å². The molecule has 1 aromatic heterocycles. The summed E-state index contributed by atoms with van der Waals surface area (Å²) < 4.78 is 23.5. The third-order valence-corrected chi connectivity index (χ3v) is 2.13. The lowest BCUT2D eigenvalue weighted by molar-refractivity contribution is 0.581. The molecule has 4 nitrogen and oxygen atoms in total. The third-order valence-electron chi connectivity index (χ3n) is 0.975. The van der Waals surface area contributed by atoms with Gasteiger partial charge < -0.3 is 0 Å². The minimum absolute atomic E-state index is 0.0708. The Labute approximate surface area is 73.3 Å². The highest BCUT2D eigenvalue weighted by molar-refractivity contribution is 9.10. The van der Waals surface area contributed by atoms with Crippen molar-refractivity contribution in [2.24, 2.45) is 0 Å². The van der Waals surface area contributed by atoms with Gasteiger partial charge in [-0.05, 0) is 22.0 Å². The molecule has 0 radical (unpaired) electrons. The zero-order valence-corrected chi connectivity index (χ0v) is 8.26. The maximum absolute atomic E-state index is 10.7. The lowest BCUT2D eigenvalue weighted by Gasteiger charge is -1.96. The molecule has 1 heterocycles. The van der Waals surface area contributed by atoms with Crippen LogP contribution in [-0.4, -0.2) is 24.5 Å². The zero-order chi connectivity index (χ0) is 8.48. The molecule has 0 fully saturated rings. The van der Waals surface area contributed by atoms with Gasteiger partial charge in [-0.1, -0.05) is 0 Å². The molecule has 0 atom stereocenters. The molecule has 0 saturated heterocycles. The molecule has 6 heteroatoms. The minimum Gasteiger partial charge on any atom is -0.256 e. The summed E-state index contributed by atoms with van der Waals surface area (Å²) in [5, 5.41) is 3.85. The summed E-state index contributed by atoms with van der Waals surface area (Å²) in [6.45, 7) is 0. The first-order valence-corrected chi connectivity index (χ1v) is 5.69. The van der Waals surface area contributed by atoms with Gasteiger partial charge in [0.2, 0.25) is 0 Å². The van der Waals surface area contributed by atoms with Crippen LogP contribution in [0, 0.1) is 0 Å². The molecule has 1 rings (SSSR count). The molecule has 0 bridgehead atoms. The fourth-order valence-corrected chi connectivity index (χ4v) is 1.60. The molecular weight excluding hydrogens is 232 g/mol. The summed E-state index contributed by atoms with van der Waals surface area (Å²) in [5.74, 6) is -0.0708. The molecule has 0 N–H and O–H groups in total. The Bertz CT molecular complexity index is 343. The van der Waals surface area contributed by atoms with Gasteiger partial charge in [-0.15, -0.1) is 0 Å². The van der Waals surface area contributed by atoms with E-state index in [0.29, 0.717) is 4.60 Å². The van der Waals surface area contributed by atoms with E-state index in [1.807, 2.05) is 0 Å². The average molecular weight is 239 g/mol. The molecule has 62 valence electrons. The second-order valence-electron chi connectivity index (χ2n) is 2.23. The summed E-state index contributed by atoms with van der Waals surface area (Å²) in [6.07, 6.45) is 2.77. The summed E-state index contributed by atoms with van der Waals surface area (Å²) in [5.41, 5.74) is 0. The summed E-state index contributed by atoms with van der Waals surface area (Å²) in [6, 6.07) is 1.69. The largest absolute Gasteiger partial charge is 0.256 e. The van der Waals surface area contributed by atoms with Crippen molar-refractivity contribution in [2.75, 3.05) is 6.26 Å². The second-order valence-corrected chi connectivity index (χ2v) is 5.15. The molecular formula is C5H7BrN2O2S. The predicted octanol–water partition coefficient (Wildman–Crippen LogP) is 0.648. The topological polar surface area (TPSA) is 52.0 Å². The number of halogens is 1. The predicted molar refractivity (Wildman–Crippen MR) is 44.8 cm³/mol. The van der Waals surface area contributed by atoms with Crippen molar-refractivity contribution in [2.45, 2.75) is 5.88 Å². The lowest BCUT2D eigenvalue weighted by Crippen LogP contribution is -2.08. The van der Waals surface area contributed by atoms with Gasteiger partial charge >= 0.3 is 0 Å². The van der Waals surface area contributed by atoms with Crippen LogP contribution in [0.1, 0.15) is 0 Å². The van der Waals surface area contributed by atoms with Crippen LogP contribution in [0.4, 0.5) is 0 Å². The highest BCUT2D eigenvalue weighted by atomic mass is 79.9. The second kappa shape index (κ2) is 2.94. The quantitative estimate of drug-likeness (QED) is 0.761. The van der Waals surface area contributed by atoms with E-state index >= 15 is 0 Å². The molecule has 0 aliphatic heterocycles. The Morgan fingerprint density at radius 2 is 2.36 bits per heavy atom. The summed E-state index contributed by atoms with van der Waals surface area (Å²) >= 11 is 3.11. The Kier molecular flexibility index (Phi) is 2.34. The molecule has 0 unspecified atom stereocenters. The first-order chi connectivity index (χ1) is 4.97. The van der Waals surface area contributed by atoms with Crippen LogP contribution in [-0.2, 0) is 15.7 Å². The van der Waals surface area contributed by atoms with Crippen molar-refractivity contribution in [3.8, 4) is 0 Å². The van der Waals surface area contributed by atoms with Crippen LogP contribution in [0.25, 0.3) is 0 Å². The van der Waals surface area contributed by atoms with Crippen molar-refractivity contribution in [3.63, 3.8) is 0 Å². The molecule has 0 spiro atoms. The van der Waals surface area contributed by atoms with Gasteiger partial charge in [-0.2, -0.15) is 5.10 Å². The van der Waals surface area contributed by atoms with Crippen LogP contribution >= 0.6 is 15.9 Å². The van der Waals surface area contributed by atoms with E-state index in [4.69, 9.17) is 0 Å². The first-order valence-electron chi connectivity index (χ1n) is 2.84. The van der Waals surface area contributed by atoms with Gasteiger partial charge in [0.1, 0.15) is 10.5 Å². The van der Waals surface area contributed by atoms with Gasteiger partial charge in [0.15, 0.2) is 9.84 Å². The third kappa shape index (κ3) is 3.02. The standard InChI is InChI=1S/C5H7BrN2O2S/c1-11(9,10)4-8-3-2-5(6)7-8/h2-3H,4H2,1H3. The smallest absolute Gasteiger partial charge is 0.167 e. The van der Waals surface area contributed by atoms with Crippen molar-refractivity contribution in [1.29, 1.82) is 0 Å². The Morgan fingerprint density at radius 1 is 1.73 bits per heavy atom. The van der Waals surface area contributed by atoms with E-state index in [0.717, 1.165) is 0 Å².